The topological polar surface area (TPSA) is 139 Å². The summed E-state index contributed by atoms with van der Waals surface area (Å²) in [6, 6.07) is 1.98. The second-order valence-corrected chi connectivity index (χ2v) is 11.0. The van der Waals surface area contributed by atoms with Crippen LogP contribution in [-0.2, 0) is 25.4 Å². The number of hydrogen-bond donors (Lipinski definition) is 4. The number of rotatable bonds is 6. The summed E-state index contributed by atoms with van der Waals surface area (Å²) in [7, 11) is 0. The largest absolute Gasteiger partial charge is 0.472 e. The Hall–Kier alpha value is -1.75. The molecule has 2 saturated heterocycles. The Bertz CT molecular complexity index is 943. The van der Waals surface area contributed by atoms with Gasteiger partial charge in [0.1, 0.15) is 31.0 Å². The van der Waals surface area contributed by atoms with Gasteiger partial charge in [-0.1, -0.05) is 13.8 Å². The molecule has 35 heavy (non-hydrogen) atoms. The summed E-state index contributed by atoms with van der Waals surface area (Å²) in [4.78, 5) is 12.8. The molecule has 4 N–H and O–H groups in total. The maximum absolute atomic E-state index is 12.8. The molecule has 1 spiro atoms. The zero-order chi connectivity index (χ0) is 25.0. The van der Waals surface area contributed by atoms with Crippen LogP contribution in [0.15, 0.2) is 34.7 Å². The van der Waals surface area contributed by atoms with Gasteiger partial charge >= 0.3 is 5.97 Å². The van der Waals surface area contributed by atoms with Crippen molar-refractivity contribution >= 4 is 5.97 Å². The van der Waals surface area contributed by atoms with Crippen molar-refractivity contribution in [3.63, 3.8) is 0 Å². The van der Waals surface area contributed by atoms with Crippen molar-refractivity contribution in [2.45, 2.75) is 82.8 Å². The van der Waals surface area contributed by atoms with E-state index >= 15 is 0 Å². The number of aryl methyl sites for hydroxylation is 1. The minimum Gasteiger partial charge on any atom is -0.472 e. The lowest BCUT2D eigenvalue weighted by Gasteiger charge is -2.57. The molecule has 1 aromatic rings. The van der Waals surface area contributed by atoms with Crippen molar-refractivity contribution < 1.29 is 43.8 Å². The number of esters is 1. The first-order valence-electron chi connectivity index (χ1n) is 12.6. The number of carbonyl (C=O) groups is 1. The van der Waals surface area contributed by atoms with E-state index in [0.29, 0.717) is 24.5 Å². The number of cyclic esters (lactones) is 1. The molecule has 2 aliphatic heterocycles. The molecule has 3 fully saturated rings. The maximum Gasteiger partial charge on any atom is 0.334 e. The first-order chi connectivity index (χ1) is 16.7. The fourth-order valence-corrected chi connectivity index (χ4v) is 6.93. The number of furan rings is 1. The summed E-state index contributed by atoms with van der Waals surface area (Å²) in [6.07, 6.45) is 2.12. The van der Waals surface area contributed by atoms with Crippen LogP contribution in [0.1, 0.15) is 45.1 Å². The van der Waals surface area contributed by atoms with Crippen LogP contribution in [0.25, 0.3) is 0 Å². The minimum atomic E-state index is -1.52. The van der Waals surface area contributed by atoms with Crippen LogP contribution < -0.4 is 0 Å². The minimum absolute atomic E-state index is 0.0898. The molecule has 10 atom stereocenters. The van der Waals surface area contributed by atoms with Gasteiger partial charge < -0.3 is 39.1 Å². The van der Waals surface area contributed by atoms with Crippen molar-refractivity contribution in [1.29, 1.82) is 0 Å². The van der Waals surface area contributed by atoms with Gasteiger partial charge in [-0.15, -0.1) is 0 Å². The van der Waals surface area contributed by atoms with E-state index in [4.69, 9.17) is 18.6 Å². The molecular formula is C26H36O9. The van der Waals surface area contributed by atoms with E-state index in [2.05, 4.69) is 13.8 Å². The lowest BCUT2D eigenvalue weighted by atomic mass is 9.46. The van der Waals surface area contributed by atoms with E-state index in [1.165, 1.54) is 0 Å². The van der Waals surface area contributed by atoms with Crippen LogP contribution in [0.4, 0.5) is 0 Å². The third-order valence-electron chi connectivity index (χ3n) is 9.34. The van der Waals surface area contributed by atoms with Crippen LogP contribution in [0.5, 0.6) is 0 Å². The second-order valence-electron chi connectivity index (χ2n) is 11.0. The average Bonchev–Trinajstić information content (AvgIpc) is 3.49. The van der Waals surface area contributed by atoms with E-state index in [1.54, 1.807) is 18.6 Å². The number of carbonyl (C=O) groups excluding carboxylic acids is 1. The molecule has 5 rings (SSSR count). The predicted molar refractivity (Wildman–Crippen MR) is 122 cm³/mol. The molecule has 0 radical (unpaired) electrons. The molecule has 0 amide bonds. The van der Waals surface area contributed by atoms with Gasteiger partial charge in [0.2, 0.25) is 0 Å². The Kier molecular flexibility index (Phi) is 6.61. The Labute approximate surface area is 204 Å². The first kappa shape index (κ1) is 24.9. The van der Waals surface area contributed by atoms with Crippen molar-refractivity contribution in [2.24, 2.45) is 22.7 Å². The standard InChI is InChI=1S/C26H36O9/c1-14-3-7-26-13-33-23(31)17(26)9-16(34-24-22(30)21(29)20(28)18(11-27)35-24)10-19(26)25(14,2)6-4-15-5-8-32-12-15/h5,8-9,12,14,16,18-22,24,27-30H,3-4,6-7,10-11,13H2,1-2H3/t14-,16-,18-,19?,20-,21+,22-,24-,25+,26-/m1/s1. The smallest absolute Gasteiger partial charge is 0.334 e. The Balaban J connectivity index is 1.43. The second kappa shape index (κ2) is 9.28. The highest BCUT2D eigenvalue weighted by Gasteiger charge is 2.62. The zero-order valence-corrected chi connectivity index (χ0v) is 20.2. The molecular weight excluding hydrogens is 456 g/mol. The van der Waals surface area contributed by atoms with Crippen LogP contribution in [0.2, 0.25) is 0 Å². The fraction of sp³-hybridized carbons (Fsp3) is 0.731. The quantitative estimate of drug-likeness (QED) is 0.433. The zero-order valence-electron chi connectivity index (χ0n) is 20.2. The summed E-state index contributed by atoms with van der Waals surface area (Å²) in [5.74, 6) is 0.170. The van der Waals surface area contributed by atoms with Crippen molar-refractivity contribution in [3.8, 4) is 0 Å². The van der Waals surface area contributed by atoms with Gasteiger partial charge in [-0.3, -0.25) is 0 Å². The van der Waals surface area contributed by atoms with E-state index < -0.39 is 43.4 Å². The molecule has 4 aliphatic rings. The molecule has 1 unspecified atom stereocenters. The molecule has 1 saturated carbocycles. The lowest BCUT2D eigenvalue weighted by molar-refractivity contribution is -0.310. The fourth-order valence-electron chi connectivity index (χ4n) is 6.93. The summed E-state index contributed by atoms with van der Waals surface area (Å²) in [5, 5.41) is 40.3. The van der Waals surface area contributed by atoms with Gasteiger partial charge in [-0.2, -0.15) is 0 Å². The van der Waals surface area contributed by atoms with Crippen LogP contribution in [0.3, 0.4) is 0 Å². The average molecular weight is 493 g/mol. The maximum atomic E-state index is 12.8. The molecule has 194 valence electrons. The van der Waals surface area contributed by atoms with Gasteiger partial charge in [-0.25, -0.2) is 4.79 Å². The Morgan fingerprint density at radius 1 is 1.20 bits per heavy atom. The Morgan fingerprint density at radius 3 is 2.71 bits per heavy atom. The van der Waals surface area contributed by atoms with Crippen LogP contribution in [-0.4, -0.2) is 76.4 Å². The summed E-state index contributed by atoms with van der Waals surface area (Å²) < 4.78 is 22.6. The highest BCUT2D eigenvalue weighted by atomic mass is 16.7. The molecule has 9 nitrogen and oxygen atoms in total. The lowest BCUT2D eigenvalue weighted by Crippen LogP contribution is -2.60. The molecule has 2 aliphatic carbocycles. The third-order valence-corrected chi connectivity index (χ3v) is 9.34. The highest BCUT2D eigenvalue weighted by molar-refractivity contribution is 5.93. The van der Waals surface area contributed by atoms with Crippen LogP contribution >= 0.6 is 0 Å². The number of hydrogen-bond acceptors (Lipinski definition) is 9. The van der Waals surface area contributed by atoms with Crippen molar-refractivity contribution in [1.82, 2.24) is 0 Å². The van der Waals surface area contributed by atoms with E-state index in [1.807, 2.05) is 6.07 Å². The van der Waals surface area contributed by atoms with Gasteiger partial charge in [0, 0.05) is 11.0 Å². The van der Waals surface area contributed by atoms with E-state index in [9.17, 15) is 25.2 Å². The normalized spacial score (nSPS) is 45.4. The highest BCUT2D eigenvalue weighted by Crippen LogP contribution is 2.64. The third kappa shape index (κ3) is 4.06. The van der Waals surface area contributed by atoms with E-state index in [-0.39, 0.29) is 22.7 Å². The van der Waals surface area contributed by atoms with Gasteiger partial charge in [0.15, 0.2) is 6.29 Å². The molecule has 1 aromatic heterocycles. The monoisotopic (exact) mass is 492 g/mol. The summed E-state index contributed by atoms with van der Waals surface area (Å²) >= 11 is 0. The van der Waals surface area contributed by atoms with E-state index in [0.717, 1.165) is 31.2 Å². The first-order valence-corrected chi connectivity index (χ1v) is 12.6. The van der Waals surface area contributed by atoms with Crippen molar-refractivity contribution in [2.75, 3.05) is 13.2 Å². The van der Waals surface area contributed by atoms with Gasteiger partial charge in [0.25, 0.3) is 0 Å². The number of ether oxygens (including phenoxy) is 3. The Morgan fingerprint density at radius 2 is 2.00 bits per heavy atom. The SMILES string of the molecule is C[C@@H]1CC[C@@]23COC(=O)C2=C[C@@H](O[C@@H]2O[C@H](CO)[C@@H](O)[C@H](O)[C@H]2O)CC3[C@@]1(C)CCc1ccoc1. The summed E-state index contributed by atoms with van der Waals surface area (Å²) in [5.41, 5.74) is 1.28. The van der Waals surface area contributed by atoms with Crippen LogP contribution in [0, 0.1) is 22.7 Å². The van der Waals surface area contributed by atoms with Crippen molar-refractivity contribution in [3.05, 3.63) is 35.8 Å². The predicted octanol–water partition coefficient (Wildman–Crippen LogP) is 1.32. The molecule has 3 heterocycles. The molecule has 9 heteroatoms. The number of aliphatic hydroxyl groups is 4. The van der Waals surface area contributed by atoms with Gasteiger partial charge in [-0.05, 0) is 67.1 Å². The molecule has 0 bridgehead atoms. The summed E-state index contributed by atoms with van der Waals surface area (Å²) in [6.45, 7) is 4.40. The van der Waals surface area contributed by atoms with Gasteiger partial charge in [0.05, 0.1) is 25.2 Å². The number of aliphatic hydroxyl groups excluding tert-OH is 4. The molecule has 0 aromatic carbocycles.